The maximum Gasteiger partial charge on any atom is 0.337 e. The number of para-hydroxylation sites is 1. The summed E-state index contributed by atoms with van der Waals surface area (Å²) in [6.45, 7) is 6.97. The molecular weight excluding hydrogens is 268 g/mol. The first kappa shape index (κ1) is 14.1. The first-order valence-corrected chi connectivity index (χ1v) is 7.36. The normalized spacial score (nSPS) is 22.3. The minimum Gasteiger partial charge on any atom is -0.478 e. The van der Waals surface area contributed by atoms with Gasteiger partial charge in [0.25, 0.3) is 0 Å². The summed E-state index contributed by atoms with van der Waals surface area (Å²) in [5.41, 5.74) is 1.73. The molecule has 1 saturated heterocycles. The largest absolute Gasteiger partial charge is 0.478 e. The zero-order valence-corrected chi connectivity index (χ0v) is 12.5. The molecule has 5 heteroatoms. The standard InChI is InChI=1S/C16H20N2O3/c1-9(2)15-17-14-11(16(19)20)5-4-6-13(14)18(15)12-7-8-21-10(12)3/h4-6,9-10,12H,7-8H2,1-3H3,(H,19,20). The van der Waals surface area contributed by atoms with E-state index in [1.165, 1.54) is 0 Å². The van der Waals surface area contributed by atoms with Crippen molar-refractivity contribution in [2.75, 3.05) is 6.61 Å². The first-order valence-electron chi connectivity index (χ1n) is 7.36. The van der Waals surface area contributed by atoms with Gasteiger partial charge in [0.2, 0.25) is 0 Å². The van der Waals surface area contributed by atoms with Crippen molar-refractivity contribution in [1.82, 2.24) is 9.55 Å². The SMILES string of the molecule is CC(C)c1nc2c(C(=O)O)cccc2n1C1CCOC1C. The van der Waals surface area contributed by atoms with Crippen molar-refractivity contribution in [2.24, 2.45) is 0 Å². The maximum atomic E-state index is 11.4. The zero-order valence-electron chi connectivity index (χ0n) is 12.5. The molecular formula is C16H20N2O3. The van der Waals surface area contributed by atoms with Gasteiger partial charge >= 0.3 is 5.97 Å². The molecule has 1 fully saturated rings. The third kappa shape index (κ3) is 2.21. The van der Waals surface area contributed by atoms with Gasteiger partial charge < -0.3 is 14.4 Å². The van der Waals surface area contributed by atoms with Crippen LogP contribution in [0.15, 0.2) is 18.2 Å². The Morgan fingerprint density at radius 3 is 2.81 bits per heavy atom. The van der Waals surface area contributed by atoms with Crippen LogP contribution in [0.4, 0.5) is 0 Å². The van der Waals surface area contributed by atoms with E-state index in [9.17, 15) is 9.90 Å². The third-order valence-corrected chi connectivity index (χ3v) is 4.16. The highest BCUT2D eigenvalue weighted by atomic mass is 16.5. The molecule has 0 amide bonds. The molecule has 0 aliphatic carbocycles. The topological polar surface area (TPSA) is 64.3 Å². The minimum absolute atomic E-state index is 0.119. The molecule has 2 heterocycles. The molecule has 112 valence electrons. The van der Waals surface area contributed by atoms with E-state index in [0.29, 0.717) is 5.52 Å². The van der Waals surface area contributed by atoms with Gasteiger partial charge in [-0.3, -0.25) is 0 Å². The Hall–Kier alpha value is -1.88. The van der Waals surface area contributed by atoms with Gasteiger partial charge in [0, 0.05) is 12.5 Å². The third-order valence-electron chi connectivity index (χ3n) is 4.16. The molecule has 0 radical (unpaired) electrons. The highest BCUT2D eigenvalue weighted by molar-refractivity contribution is 6.01. The van der Waals surface area contributed by atoms with Crippen LogP contribution in [-0.4, -0.2) is 33.3 Å². The number of rotatable bonds is 3. The van der Waals surface area contributed by atoms with E-state index < -0.39 is 5.97 Å². The molecule has 0 spiro atoms. The lowest BCUT2D eigenvalue weighted by Gasteiger charge is -2.21. The molecule has 1 aromatic carbocycles. The van der Waals surface area contributed by atoms with Crippen molar-refractivity contribution >= 4 is 17.0 Å². The van der Waals surface area contributed by atoms with Crippen LogP contribution in [0.25, 0.3) is 11.0 Å². The van der Waals surface area contributed by atoms with Gasteiger partial charge in [-0.05, 0) is 25.5 Å². The van der Waals surface area contributed by atoms with E-state index in [1.54, 1.807) is 12.1 Å². The molecule has 1 aromatic heterocycles. The summed E-state index contributed by atoms with van der Waals surface area (Å²) in [4.78, 5) is 16.1. The van der Waals surface area contributed by atoms with Crippen LogP contribution in [0.3, 0.4) is 0 Å². The molecule has 21 heavy (non-hydrogen) atoms. The van der Waals surface area contributed by atoms with Crippen molar-refractivity contribution < 1.29 is 14.6 Å². The highest BCUT2D eigenvalue weighted by Gasteiger charge is 2.30. The number of hydrogen-bond acceptors (Lipinski definition) is 3. The summed E-state index contributed by atoms with van der Waals surface area (Å²) >= 11 is 0. The smallest absolute Gasteiger partial charge is 0.337 e. The Balaban J connectivity index is 2.28. The Bertz CT molecular complexity index is 690. The Labute approximate surface area is 123 Å². The predicted octanol–water partition coefficient (Wildman–Crippen LogP) is 3.21. The number of aromatic nitrogens is 2. The lowest BCUT2D eigenvalue weighted by Crippen LogP contribution is -2.19. The number of aromatic carboxylic acids is 1. The van der Waals surface area contributed by atoms with Crippen molar-refractivity contribution in [3.8, 4) is 0 Å². The quantitative estimate of drug-likeness (QED) is 0.942. The van der Waals surface area contributed by atoms with Gasteiger partial charge in [-0.1, -0.05) is 19.9 Å². The summed E-state index contributed by atoms with van der Waals surface area (Å²) in [6, 6.07) is 5.57. The summed E-state index contributed by atoms with van der Waals surface area (Å²) < 4.78 is 7.87. The van der Waals surface area contributed by atoms with Crippen LogP contribution in [0.5, 0.6) is 0 Å². The number of carbonyl (C=O) groups is 1. The van der Waals surface area contributed by atoms with Crippen LogP contribution in [0, 0.1) is 0 Å². The van der Waals surface area contributed by atoms with E-state index in [-0.39, 0.29) is 23.6 Å². The molecule has 1 aliphatic rings. The maximum absolute atomic E-state index is 11.4. The van der Waals surface area contributed by atoms with E-state index in [1.807, 2.05) is 6.07 Å². The monoisotopic (exact) mass is 288 g/mol. The van der Waals surface area contributed by atoms with E-state index in [4.69, 9.17) is 4.74 Å². The molecule has 2 aromatic rings. The number of hydrogen-bond donors (Lipinski definition) is 1. The lowest BCUT2D eigenvalue weighted by atomic mass is 10.1. The average Bonchev–Trinajstić information content (AvgIpc) is 3.00. The Morgan fingerprint density at radius 1 is 1.48 bits per heavy atom. The van der Waals surface area contributed by atoms with Gasteiger partial charge in [-0.2, -0.15) is 0 Å². The molecule has 2 unspecified atom stereocenters. The van der Waals surface area contributed by atoms with Crippen LogP contribution < -0.4 is 0 Å². The van der Waals surface area contributed by atoms with Crippen molar-refractivity contribution in [1.29, 1.82) is 0 Å². The number of carboxylic acid groups (broad SMARTS) is 1. The minimum atomic E-state index is -0.934. The predicted molar refractivity (Wildman–Crippen MR) is 79.8 cm³/mol. The van der Waals surface area contributed by atoms with Gasteiger partial charge in [0.1, 0.15) is 11.3 Å². The van der Waals surface area contributed by atoms with Crippen molar-refractivity contribution in [3.63, 3.8) is 0 Å². The number of carboxylic acids is 1. The van der Waals surface area contributed by atoms with Crippen LogP contribution in [0.1, 0.15) is 55.3 Å². The van der Waals surface area contributed by atoms with Crippen molar-refractivity contribution in [3.05, 3.63) is 29.6 Å². The van der Waals surface area contributed by atoms with Gasteiger partial charge in [0.05, 0.1) is 23.2 Å². The molecule has 0 saturated carbocycles. The van der Waals surface area contributed by atoms with E-state index >= 15 is 0 Å². The number of benzene rings is 1. The average molecular weight is 288 g/mol. The molecule has 3 rings (SSSR count). The molecule has 5 nitrogen and oxygen atoms in total. The van der Waals surface area contributed by atoms with Crippen molar-refractivity contribution in [2.45, 2.75) is 45.3 Å². The second-order valence-electron chi connectivity index (χ2n) is 5.91. The molecule has 1 N–H and O–H groups in total. The summed E-state index contributed by atoms with van der Waals surface area (Å²) in [7, 11) is 0. The summed E-state index contributed by atoms with van der Waals surface area (Å²) in [5.74, 6) is 0.226. The second kappa shape index (κ2) is 5.15. The molecule has 2 atom stereocenters. The Morgan fingerprint density at radius 2 is 2.24 bits per heavy atom. The molecule has 0 bridgehead atoms. The lowest BCUT2D eigenvalue weighted by molar-refractivity contribution is 0.0699. The van der Waals surface area contributed by atoms with Gasteiger partial charge in [-0.25, -0.2) is 9.78 Å². The van der Waals surface area contributed by atoms with Gasteiger partial charge in [0.15, 0.2) is 0 Å². The number of nitrogens with zero attached hydrogens (tertiary/aromatic N) is 2. The number of imidazole rings is 1. The van der Waals surface area contributed by atoms with E-state index in [0.717, 1.165) is 24.4 Å². The first-order chi connectivity index (χ1) is 10.0. The van der Waals surface area contributed by atoms with Crippen LogP contribution >= 0.6 is 0 Å². The Kier molecular flexibility index (Phi) is 3.45. The summed E-state index contributed by atoms with van der Waals surface area (Å²) in [5, 5.41) is 9.36. The molecule has 1 aliphatic heterocycles. The van der Waals surface area contributed by atoms with Gasteiger partial charge in [-0.15, -0.1) is 0 Å². The second-order valence-corrected chi connectivity index (χ2v) is 5.91. The van der Waals surface area contributed by atoms with Crippen LogP contribution in [0.2, 0.25) is 0 Å². The zero-order chi connectivity index (χ0) is 15.1. The van der Waals surface area contributed by atoms with Crippen LogP contribution in [-0.2, 0) is 4.74 Å². The number of fused-ring (bicyclic) bond motifs is 1. The highest BCUT2D eigenvalue weighted by Crippen LogP contribution is 2.34. The fourth-order valence-electron chi connectivity index (χ4n) is 3.12. The number of ether oxygens (including phenoxy) is 1. The fraction of sp³-hybridized carbons (Fsp3) is 0.500. The summed E-state index contributed by atoms with van der Waals surface area (Å²) in [6.07, 6.45) is 1.05. The van der Waals surface area contributed by atoms with E-state index in [2.05, 4.69) is 30.3 Å². The fourth-order valence-corrected chi connectivity index (χ4v) is 3.12.